The third kappa shape index (κ3) is 5.21. The first-order valence-corrected chi connectivity index (χ1v) is 13.4. The third-order valence-electron chi connectivity index (χ3n) is 6.31. The van der Waals surface area contributed by atoms with Crippen LogP contribution in [0.3, 0.4) is 0 Å². The zero-order chi connectivity index (χ0) is 24.4. The highest BCUT2D eigenvalue weighted by Gasteiger charge is 2.37. The van der Waals surface area contributed by atoms with Crippen LogP contribution >= 0.6 is 24.0 Å². The van der Waals surface area contributed by atoms with Crippen LogP contribution < -0.4 is 4.74 Å². The number of carbonyl (C=O) groups is 1. The molecule has 1 amide bonds. The highest BCUT2D eigenvalue weighted by atomic mass is 32.2. The van der Waals surface area contributed by atoms with Gasteiger partial charge in [-0.3, -0.25) is 9.69 Å². The zero-order valence-corrected chi connectivity index (χ0v) is 21.6. The minimum absolute atomic E-state index is 0.0194. The predicted molar refractivity (Wildman–Crippen MR) is 147 cm³/mol. The van der Waals surface area contributed by atoms with Crippen LogP contribution in [0.2, 0.25) is 0 Å². The molecule has 35 heavy (non-hydrogen) atoms. The van der Waals surface area contributed by atoms with Crippen LogP contribution in [0.1, 0.15) is 51.5 Å². The van der Waals surface area contributed by atoms with Gasteiger partial charge in [0.25, 0.3) is 5.91 Å². The van der Waals surface area contributed by atoms with E-state index >= 15 is 0 Å². The first-order valence-electron chi connectivity index (χ1n) is 12.2. The van der Waals surface area contributed by atoms with Gasteiger partial charge < -0.3 is 4.74 Å². The summed E-state index contributed by atoms with van der Waals surface area (Å²) in [6, 6.07) is 18.2. The molecule has 0 spiro atoms. The topological polar surface area (TPSA) is 47.4 Å². The molecular formula is C28H29N3O2S2. The number of hydrogen-bond acceptors (Lipinski definition) is 5. The van der Waals surface area contributed by atoms with Crippen LogP contribution in [0.5, 0.6) is 5.75 Å². The number of para-hydroxylation sites is 1. The summed E-state index contributed by atoms with van der Waals surface area (Å²) in [6.07, 6.45) is 9.66. The molecule has 0 unspecified atom stereocenters. The number of amides is 1. The van der Waals surface area contributed by atoms with E-state index in [1.165, 1.54) is 18.2 Å². The molecule has 1 aliphatic carbocycles. The lowest BCUT2D eigenvalue weighted by Gasteiger charge is -2.29. The zero-order valence-electron chi connectivity index (χ0n) is 20.0. The van der Waals surface area contributed by atoms with Gasteiger partial charge in [-0.2, -0.15) is 5.10 Å². The first kappa shape index (κ1) is 23.8. The number of hydrogen-bond donors (Lipinski definition) is 0. The summed E-state index contributed by atoms with van der Waals surface area (Å²) in [6.45, 7) is 4.02. The van der Waals surface area contributed by atoms with E-state index in [1.807, 2.05) is 90.3 Å². The van der Waals surface area contributed by atoms with Gasteiger partial charge in [0.1, 0.15) is 10.1 Å². The first-order chi connectivity index (χ1) is 17.0. The van der Waals surface area contributed by atoms with Crippen LogP contribution in [0.4, 0.5) is 0 Å². The van der Waals surface area contributed by atoms with Crippen molar-refractivity contribution in [2.45, 2.75) is 58.1 Å². The number of rotatable bonds is 6. The second-order valence-electron chi connectivity index (χ2n) is 9.25. The number of aromatic nitrogens is 2. The third-order valence-corrected chi connectivity index (χ3v) is 7.64. The molecule has 2 heterocycles. The molecule has 3 aromatic rings. The van der Waals surface area contributed by atoms with Gasteiger partial charge >= 0.3 is 0 Å². The molecule has 0 bridgehead atoms. The van der Waals surface area contributed by atoms with E-state index in [2.05, 4.69) is 0 Å². The Balaban J connectivity index is 1.51. The average molecular weight is 504 g/mol. The molecule has 1 aromatic heterocycles. The lowest BCUT2D eigenvalue weighted by atomic mass is 9.94. The molecule has 1 aliphatic heterocycles. The van der Waals surface area contributed by atoms with E-state index in [9.17, 15) is 4.79 Å². The van der Waals surface area contributed by atoms with Crippen molar-refractivity contribution in [3.05, 3.63) is 71.3 Å². The molecule has 7 heteroatoms. The van der Waals surface area contributed by atoms with Crippen LogP contribution in [-0.4, -0.2) is 37.1 Å². The van der Waals surface area contributed by atoms with Crippen LogP contribution in [0.15, 0.2) is 65.7 Å². The largest absolute Gasteiger partial charge is 0.491 e. The molecule has 180 valence electrons. The van der Waals surface area contributed by atoms with Crippen molar-refractivity contribution in [3.8, 4) is 22.7 Å². The molecule has 0 N–H and O–H groups in total. The molecule has 0 radical (unpaired) electrons. The lowest BCUT2D eigenvalue weighted by Crippen LogP contribution is -2.39. The highest BCUT2D eigenvalue weighted by molar-refractivity contribution is 8.26. The summed E-state index contributed by atoms with van der Waals surface area (Å²) >= 11 is 7.04. The molecular weight excluding hydrogens is 474 g/mol. The molecule has 5 nitrogen and oxygen atoms in total. The van der Waals surface area contributed by atoms with E-state index in [1.54, 1.807) is 0 Å². The molecule has 1 saturated carbocycles. The van der Waals surface area contributed by atoms with Gasteiger partial charge in [0.15, 0.2) is 0 Å². The summed E-state index contributed by atoms with van der Waals surface area (Å²) in [4.78, 5) is 15.9. The van der Waals surface area contributed by atoms with Crippen molar-refractivity contribution in [3.63, 3.8) is 0 Å². The van der Waals surface area contributed by atoms with Crippen molar-refractivity contribution in [2.24, 2.45) is 0 Å². The predicted octanol–water partition coefficient (Wildman–Crippen LogP) is 6.86. The second-order valence-corrected chi connectivity index (χ2v) is 10.9. The smallest absolute Gasteiger partial charge is 0.266 e. The standard InChI is InChI=1S/C28H29N3O2S2/c1-19(2)33-24-15-13-20(14-16-24)26-21(18-30(29-26)22-9-5-3-6-10-22)17-25-27(32)31(28(34)35-25)23-11-7-4-8-12-23/h3,5-6,9-10,13-19,23H,4,7-8,11-12H2,1-2H3/b25-17-. The van der Waals surface area contributed by atoms with Crippen molar-refractivity contribution < 1.29 is 9.53 Å². The number of nitrogens with zero attached hydrogens (tertiary/aromatic N) is 3. The number of thioether (sulfide) groups is 1. The number of thiocarbonyl (C=S) groups is 1. The minimum Gasteiger partial charge on any atom is -0.491 e. The van der Waals surface area contributed by atoms with Gasteiger partial charge in [0.2, 0.25) is 0 Å². The molecule has 2 fully saturated rings. The number of carbonyl (C=O) groups excluding carboxylic acids is 1. The highest BCUT2D eigenvalue weighted by Crippen LogP contribution is 2.38. The average Bonchev–Trinajstić information content (AvgIpc) is 3.41. The monoisotopic (exact) mass is 503 g/mol. The van der Waals surface area contributed by atoms with Crippen molar-refractivity contribution in [2.75, 3.05) is 0 Å². The van der Waals surface area contributed by atoms with Crippen LogP contribution in [0, 0.1) is 0 Å². The Morgan fingerprint density at radius 2 is 1.77 bits per heavy atom. The van der Waals surface area contributed by atoms with Crippen molar-refractivity contribution >= 4 is 40.3 Å². The van der Waals surface area contributed by atoms with E-state index in [-0.39, 0.29) is 18.1 Å². The van der Waals surface area contributed by atoms with Crippen LogP contribution in [0.25, 0.3) is 23.0 Å². The van der Waals surface area contributed by atoms with Gasteiger partial charge in [0.05, 0.1) is 22.4 Å². The lowest BCUT2D eigenvalue weighted by molar-refractivity contribution is -0.124. The summed E-state index contributed by atoms with van der Waals surface area (Å²) in [5.41, 5.74) is 3.62. The Labute approximate surface area is 216 Å². The molecule has 1 saturated heterocycles. The molecule has 2 aromatic carbocycles. The van der Waals surface area contributed by atoms with E-state index in [4.69, 9.17) is 22.1 Å². The van der Waals surface area contributed by atoms with Crippen LogP contribution in [-0.2, 0) is 4.79 Å². The maximum absolute atomic E-state index is 13.4. The van der Waals surface area contributed by atoms with E-state index < -0.39 is 0 Å². The van der Waals surface area contributed by atoms with Gasteiger partial charge in [-0.1, -0.05) is 61.4 Å². The van der Waals surface area contributed by atoms with E-state index in [0.717, 1.165) is 53.9 Å². The fraction of sp³-hybridized carbons (Fsp3) is 0.321. The fourth-order valence-corrected chi connectivity index (χ4v) is 6.06. The summed E-state index contributed by atoms with van der Waals surface area (Å²) in [7, 11) is 0. The number of ether oxygens (including phenoxy) is 1. The van der Waals surface area contributed by atoms with Gasteiger partial charge in [-0.25, -0.2) is 4.68 Å². The van der Waals surface area contributed by atoms with Gasteiger partial charge in [-0.15, -0.1) is 0 Å². The maximum atomic E-state index is 13.4. The molecule has 5 rings (SSSR count). The summed E-state index contributed by atoms with van der Waals surface area (Å²) in [5.74, 6) is 0.840. The summed E-state index contributed by atoms with van der Waals surface area (Å²) < 4.78 is 8.34. The molecule has 0 atom stereocenters. The Bertz CT molecular complexity index is 1240. The van der Waals surface area contributed by atoms with Gasteiger partial charge in [-0.05, 0) is 69.2 Å². The maximum Gasteiger partial charge on any atom is 0.266 e. The van der Waals surface area contributed by atoms with E-state index in [0.29, 0.717) is 9.23 Å². The normalized spacial score (nSPS) is 18.1. The second kappa shape index (κ2) is 10.4. The fourth-order valence-electron chi connectivity index (χ4n) is 4.67. The Morgan fingerprint density at radius 3 is 2.46 bits per heavy atom. The molecule has 2 aliphatic rings. The van der Waals surface area contributed by atoms with Crippen molar-refractivity contribution in [1.29, 1.82) is 0 Å². The van der Waals surface area contributed by atoms with Crippen molar-refractivity contribution in [1.82, 2.24) is 14.7 Å². The number of benzene rings is 2. The van der Waals surface area contributed by atoms with Gasteiger partial charge in [0, 0.05) is 23.4 Å². The Kier molecular flexibility index (Phi) is 7.07. The Morgan fingerprint density at radius 1 is 1.06 bits per heavy atom. The SMILES string of the molecule is CC(C)Oc1ccc(-c2nn(-c3ccccc3)cc2/C=C2\SC(=S)N(C3CCCCC3)C2=O)cc1. The minimum atomic E-state index is 0.0194. The Hall–Kier alpha value is -2.90. The quantitative estimate of drug-likeness (QED) is 0.272. The summed E-state index contributed by atoms with van der Waals surface area (Å²) in [5, 5.41) is 4.90.